The van der Waals surface area contributed by atoms with Crippen LogP contribution in [0, 0.1) is 10.8 Å². The molecular formula is C26H21NNaO4. The number of carbonyl (C=O) groups excluding carboxylic acids is 2. The Morgan fingerprint density at radius 1 is 0.844 bits per heavy atom. The first kappa shape index (κ1) is 21.4. The topological polar surface area (TPSA) is 74.7 Å². The first-order chi connectivity index (χ1) is 14.8. The van der Waals surface area contributed by atoms with Crippen molar-refractivity contribution in [1.82, 2.24) is 4.90 Å². The van der Waals surface area contributed by atoms with Crippen LogP contribution in [0.4, 0.5) is 0 Å². The molecule has 2 amide bonds. The van der Waals surface area contributed by atoms with Crippen LogP contribution in [0.2, 0.25) is 0 Å². The molecule has 4 unspecified atom stereocenters. The molecule has 155 valence electrons. The molecule has 1 radical (unpaired) electrons. The zero-order valence-corrected chi connectivity index (χ0v) is 20.3. The average Bonchev–Trinajstić information content (AvgIpc) is 2.92. The fourth-order valence-electron chi connectivity index (χ4n) is 6.69. The number of likely N-dealkylation sites (tertiary alicyclic amines) is 1. The average molecular weight is 434 g/mol. The summed E-state index contributed by atoms with van der Waals surface area (Å²) in [4.78, 5) is 40.0. The summed E-state index contributed by atoms with van der Waals surface area (Å²) in [5, 5.41) is 11.6. The number of hydrogen-bond donors (Lipinski definition) is 1. The summed E-state index contributed by atoms with van der Waals surface area (Å²) in [7, 11) is 0. The van der Waals surface area contributed by atoms with Crippen molar-refractivity contribution in [3.8, 4) is 0 Å². The maximum atomic E-state index is 13.8. The number of nitrogens with zero attached hydrogens (tertiary/aromatic N) is 1. The zero-order chi connectivity index (χ0) is 21.7. The quantitative estimate of drug-likeness (QED) is 0.495. The first-order valence-electron chi connectivity index (χ1n) is 10.5. The van der Waals surface area contributed by atoms with Crippen molar-refractivity contribution in [1.29, 1.82) is 0 Å². The maximum absolute atomic E-state index is 13.8. The molecule has 7 rings (SSSR count). The number of rotatable bonds is 2. The Hall–Kier alpha value is -2.47. The van der Waals surface area contributed by atoms with Crippen molar-refractivity contribution in [3.05, 3.63) is 82.9 Å². The van der Waals surface area contributed by atoms with Crippen molar-refractivity contribution in [2.45, 2.75) is 25.7 Å². The third-order valence-electron chi connectivity index (χ3n) is 8.13. The third-order valence-corrected chi connectivity index (χ3v) is 8.13. The minimum Gasteiger partial charge on any atom is -0.480 e. The smallest absolute Gasteiger partial charge is 0.323 e. The van der Waals surface area contributed by atoms with E-state index < -0.39 is 23.3 Å². The molecule has 0 saturated carbocycles. The second-order valence-corrected chi connectivity index (χ2v) is 9.28. The largest absolute Gasteiger partial charge is 0.480 e. The number of aliphatic carboxylic acids is 1. The van der Waals surface area contributed by atoms with Crippen LogP contribution in [-0.4, -0.2) is 63.9 Å². The standard InChI is InChI=1S/C26H21NO4.Na/c1-25-21-16-9-5-6-10-17(16)22(20-15-8-4-3-7-14(15)11-12-18(20)21)26(25,2)24(31)27(23(25)30)13-19(28)29;/h3-12,21-22H,13H2,1-2H3,(H,28,29);. The molecule has 3 aromatic carbocycles. The van der Waals surface area contributed by atoms with E-state index in [-0.39, 0.29) is 53.2 Å². The normalized spacial score (nSPS) is 29.4. The Bertz CT molecular complexity index is 1350. The van der Waals surface area contributed by atoms with Crippen molar-refractivity contribution in [2.24, 2.45) is 10.8 Å². The van der Waals surface area contributed by atoms with Crippen LogP contribution < -0.4 is 0 Å². The van der Waals surface area contributed by atoms with Gasteiger partial charge in [0.2, 0.25) is 11.8 Å². The van der Waals surface area contributed by atoms with E-state index >= 15 is 0 Å². The van der Waals surface area contributed by atoms with E-state index in [1.54, 1.807) is 0 Å². The Morgan fingerprint density at radius 2 is 1.41 bits per heavy atom. The van der Waals surface area contributed by atoms with Gasteiger partial charge in [0.1, 0.15) is 6.54 Å². The molecule has 1 saturated heterocycles. The van der Waals surface area contributed by atoms with Crippen molar-refractivity contribution >= 4 is 58.1 Å². The SMILES string of the molecule is CC12C(=O)N(CC(=O)O)C(=O)C1(C)C1c3ccccc3C2c2ccc3ccccc3c21.[Na]. The number of carboxylic acid groups (broad SMARTS) is 1. The Balaban J connectivity index is 0.00000216. The summed E-state index contributed by atoms with van der Waals surface area (Å²) < 4.78 is 0. The number of benzene rings is 3. The van der Waals surface area contributed by atoms with Crippen LogP contribution in [0.5, 0.6) is 0 Å². The van der Waals surface area contributed by atoms with Crippen molar-refractivity contribution < 1.29 is 19.5 Å². The maximum Gasteiger partial charge on any atom is 0.323 e. The van der Waals surface area contributed by atoms with Gasteiger partial charge in [0.05, 0.1) is 10.8 Å². The molecule has 4 atom stereocenters. The predicted molar refractivity (Wildman–Crippen MR) is 120 cm³/mol. The van der Waals surface area contributed by atoms with E-state index in [4.69, 9.17) is 0 Å². The molecule has 3 aromatic rings. The molecule has 0 spiro atoms. The predicted octanol–water partition coefficient (Wildman–Crippen LogP) is 3.52. The second kappa shape index (κ2) is 6.77. The van der Waals surface area contributed by atoms with Crippen LogP contribution in [-0.2, 0) is 14.4 Å². The summed E-state index contributed by atoms with van der Waals surface area (Å²) in [6, 6.07) is 20.3. The fraction of sp³-hybridized carbons (Fsp3) is 0.269. The van der Waals surface area contributed by atoms with Crippen LogP contribution in [0.1, 0.15) is 47.9 Å². The van der Waals surface area contributed by atoms with Gasteiger partial charge in [-0.3, -0.25) is 19.3 Å². The third kappa shape index (κ3) is 2.22. The Morgan fingerprint density at radius 3 is 2.06 bits per heavy atom. The molecule has 1 fully saturated rings. The van der Waals surface area contributed by atoms with E-state index in [0.717, 1.165) is 37.9 Å². The molecule has 0 aromatic heterocycles. The molecule has 4 aliphatic rings. The van der Waals surface area contributed by atoms with Crippen molar-refractivity contribution in [3.63, 3.8) is 0 Å². The number of hydrogen-bond acceptors (Lipinski definition) is 3. The molecule has 32 heavy (non-hydrogen) atoms. The van der Waals surface area contributed by atoms with Gasteiger partial charge in [-0.25, -0.2) is 0 Å². The monoisotopic (exact) mass is 434 g/mol. The van der Waals surface area contributed by atoms with Crippen LogP contribution >= 0.6 is 0 Å². The molecule has 2 bridgehead atoms. The molecule has 5 nitrogen and oxygen atoms in total. The van der Waals surface area contributed by atoms with E-state index in [0.29, 0.717) is 0 Å². The number of amides is 2. The van der Waals surface area contributed by atoms with Gasteiger partial charge in [-0.2, -0.15) is 0 Å². The van der Waals surface area contributed by atoms with Gasteiger partial charge in [-0.05, 0) is 46.9 Å². The summed E-state index contributed by atoms with van der Waals surface area (Å²) in [5.74, 6) is -2.58. The van der Waals surface area contributed by atoms with Crippen LogP contribution in [0.25, 0.3) is 10.8 Å². The minimum absolute atomic E-state index is 0. The molecule has 3 aliphatic carbocycles. The van der Waals surface area contributed by atoms with Gasteiger partial charge in [-0.15, -0.1) is 0 Å². The van der Waals surface area contributed by atoms with E-state index in [2.05, 4.69) is 30.3 Å². The zero-order valence-electron chi connectivity index (χ0n) is 18.3. The summed E-state index contributed by atoms with van der Waals surface area (Å²) in [6.07, 6.45) is 0. The van der Waals surface area contributed by atoms with Gasteiger partial charge in [-0.1, -0.05) is 60.7 Å². The minimum atomic E-state index is -1.18. The number of carbonyl (C=O) groups is 3. The fourth-order valence-corrected chi connectivity index (χ4v) is 6.69. The number of imide groups is 1. The summed E-state index contributed by atoms with van der Waals surface area (Å²) in [5.41, 5.74) is 2.19. The molecule has 1 aliphatic heterocycles. The van der Waals surface area contributed by atoms with Gasteiger partial charge < -0.3 is 5.11 Å². The summed E-state index contributed by atoms with van der Waals surface area (Å²) >= 11 is 0. The van der Waals surface area contributed by atoms with Gasteiger partial charge in [0, 0.05) is 41.4 Å². The van der Waals surface area contributed by atoms with Crippen LogP contribution in [0.3, 0.4) is 0 Å². The Kier molecular flexibility index (Phi) is 4.52. The van der Waals surface area contributed by atoms with Gasteiger partial charge in [0.15, 0.2) is 0 Å². The second-order valence-electron chi connectivity index (χ2n) is 9.28. The van der Waals surface area contributed by atoms with Gasteiger partial charge >= 0.3 is 5.97 Å². The van der Waals surface area contributed by atoms with E-state index in [9.17, 15) is 19.5 Å². The molecule has 1 heterocycles. The molecule has 1 N–H and O–H groups in total. The van der Waals surface area contributed by atoms with Crippen molar-refractivity contribution in [2.75, 3.05) is 6.54 Å². The van der Waals surface area contributed by atoms with Gasteiger partial charge in [0.25, 0.3) is 0 Å². The number of carboxylic acids is 1. The molecular weight excluding hydrogens is 413 g/mol. The Labute approximate surface area is 207 Å². The van der Waals surface area contributed by atoms with E-state index in [1.165, 1.54) is 0 Å². The summed E-state index contributed by atoms with van der Waals surface area (Å²) in [6.45, 7) is 3.13. The number of fused-ring (bicyclic) bond motifs is 1. The molecule has 6 heteroatoms. The van der Waals surface area contributed by atoms with E-state index in [1.807, 2.05) is 44.2 Å². The first-order valence-corrected chi connectivity index (χ1v) is 10.5. The van der Waals surface area contributed by atoms with Crippen LogP contribution in [0.15, 0.2) is 60.7 Å².